The maximum atomic E-state index is 12.9. The highest BCUT2D eigenvalue weighted by atomic mass is 19.1. The van der Waals surface area contributed by atoms with Crippen LogP contribution in [0.15, 0.2) is 24.3 Å². The van der Waals surface area contributed by atoms with E-state index in [2.05, 4.69) is 0 Å². The Morgan fingerprint density at radius 3 is 2.73 bits per heavy atom. The summed E-state index contributed by atoms with van der Waals surface area (Å²) in [4.78, 5) is 0. The number of hydrogen-bond donors (Lipinski definition) is 0. The third-order valence-electron chi connectivity index (χ3n) is 2.93. The van der Waals surface area contributed by atoms with E-state index in [-0.39, 0.29) is 5.82 Å². The molecule has 1 fully saturated rings. The third kappa shape index (κ3) is 3.31. The van der Waals surface area contributed by atoms with Crippen molar-refractivity contribution in [3.8, 4) is 0 Å². The zero-order valence-electron chi connectivity index (χ0n) is 8.92. The first kappa shape index (κ1) is 10.6. The number of hydrogen-bond acceptors (Lipinski definition) is 1. The van der Waals surface area contributed by atoms with Gasteiger partial charge in [0.15, 0.2) is 0 Å². The Hall–Kier alpha value is -0.890. The molecule has 0 amide bonds. The van der Waals surface area contributed by atoms with E-state index in [0.717, 1.165) is 18.4 Å². The summed E-state index contributed by atoms with van der Waals surface area (Å²) in [5.41, 5.74) is 0.931. The molecule has 0 unspecified atom stereocenters. The van der Waals surface area contributed by atoms with Gasteiger partial charge in [0.25, 0.3) is 0 Å². The smallest absolute Gasteiger partial charge is 0.123 e. The molecule has 2 rings (SSSR count). The van der Waals surface area contributed by atoms with Crippen LogP contribution in [0.2, 0.25) is 0 Å². The number of halogens is 1. The molecule has 1 aliphatic carbocycles. The van der Waals surface area contributed by atoms with Gasteiger partial charge in [0.1, 0.15) is 5.82 Å². The molecule has 0 saturated heterocycles. The predicted octanol–water partition coefficient (Wildman–Crippen LogP) is 3.68. The van der Waals surface area contributed by atoms with Crippen LogP contribution in [0.25, 0.3) is 0 Å². The van der Waals surface area contributed by atoms with Crippen molar-refractivity contribution in [2.75, 3.05) is 0 Å². The fourth-order valence-electron chi connectivity index (χ4n) is 2.07. The van der Waals surface area contributed by atoms with Crippen molar-refractivity contribution in [1.82, 2.24) is 0 Å². The average Bonchev–Trinajstić information content (AvgIpc) is 2.28. The van der Waals surface area contributed by atoms with Gasteiger partial charge in [-0.15, -0.1) is 0 Å². The largest absolute Gasteiger partial charge is 0.374 e. The normalized spacial score (nSPS) is 17.9. The minimum atomic E-state index is -0.181. The second-order valence-electron chi connectivity index (χ2n) is 4.20. The van der Waals surface area contributed by atoms with Gasteiger partial charge >= 0.3 is 0 Å². The first-order valence-electron chi connectivity index (χ1n) is 5.70. The van der Waals surface area contributed by atoms with Crippen LogP contribution in [0.4, 0.5) is 4.39 Å². The molecule has 0 aromatic heterocycles. The fourth-order valence-corrected chi connectivity index (χ4v) is 2.07. The molecule has 1 aliphatic rings. The first-order valence-corrected chi connectivity index (χ1v) is 5.70. The second kappa shape index (κ2) is 5.26. The van der Waals surface area contributed by atoms with Crippen molar-refractivity contribution in [2.45, 2.75) is 44.8 Å². The Morgan fingerprint density at radius 1 is 1.20 bits per heavy atom. The van der Waals surface area contributed by atoms with E-state index in [0.29, 0.717) is 12.7 Å². The van der Waals surface area contributed by atoms with Gasteiger partial charge in [0.2, 0.25) is 0 Å². The topological polar surface area (TPSA) is 9.23 Å². The molecule has 0 atom stereocenters. The maximum Gasteiger partial charge on any atom is 0.123 e. The maximum absolute atomic E-state index is 12.9. The standard InChI is InChI=1S/C13H17FO/c14-12-6-4-5-11(9-12)10-15-13-7-2-1-3-8-13/h4-6,9,13H,1-3,7-8,10H2. The fraction of sp³-hybridized carbons (Fsp3) is 0.538. The van der Waals surface area contributed by atoms with Gasteiger partial charge in [-0.05, 0) is 30.5 Å². The van der Waals surface area contributed by atoms with Gasteiger partial charge in [-0.1, -0.05) is 31.4 Å². The lowest BCUT2D eigenvalue weighted by Gasteiger charge is -2.21. The van der Waals surface area contributed by atoms with E-state index in [1.807, 2.05) is 6.07 Å². The zero-order chi connectivity index (χ0) is 10.5. The zero-order valence-corrected chi connectivity index (χ0v) is 8.92. The molecule has 2 heteroatoms. The van der Waals surface area contributed by atoms with Gasteiger partial charge < -0.3 is 4.74 Å². The highest BCUT2D eigenvalue weighted by Gasteiger charge is 2.13. The summed E-state index contributed by atoms with van der Waals surface area (Å²) >= 11 is 0. The van der Waals surface area contributed by atoms with Crippen molar-refractivity contribution in [3.63, 3.8) is 0 Å². The highest BCUT2D eigenvalue weighted by Crippen LogP contribution is 2.21. The summed E-state index contributed by atoms with van der Waals surface area (Å²) in [7, 11) is 0. The average molecular weight is 208 g/mol. The summed E-state index contributed by atoms with van der Waals surface area (Å²) in [6, 6.07) is 6.65. The molecule has 15 heavy (non-hydrogen) atoms. The van der Waals surface area contributed by atoms with E-state index in [1.54, 1.807) is 12.1 Å². The van der Waals surface area contributed by atoms with Crippen molar-refractivity contribution >= 4 is 0 Å². The molecule has 0 spiro atoms. The minimum Gasteiger partial charge on any atom is -0.374 e. The monoisotopic (exact) mass is 208 g/mol. The molecule has 0 radical (unpaired) electrons. The van der Waals surface area contributed by atoms with Gasteiger partial charge in [-0.3, -0.25) is 0 Å². The molecule has 0 heterocycles. The lowest BCUT2D eigenvalue weighted by molar-refractivity contribution is 0.0168. The van der Waals surface area contributed by atoms with Crippen molar-refractivity contribution in [3.05, 3.63) is 35.6 Å². The summed E-state index contributed by atoms with van der Waals surface area (Å²) in [5.74, 6) is -0.181. The molecule has 1 nitrogen and oxygen atoms in total. The summed E-state index contributed by atoms with van der Waals surface area (Å²) in [6.45, 7) is 0.544. The molecule has 1 aromatic carbocycles. The van der Waals surface area contributed by atoms with Gasteiger partial charge in [0, 0.05) is 0 Å². The van der Waals surface area contributed by atoms with Gasteiger partial charge in [-0.25, -0.2) is 4.39 Å². The van der Waals surface area contributed by atoms with Gasteiger partial charge in [-0.2, -0.15) is 0 Å². The molecule has 0 N–H and O–H groups in total. The Morgan fingerprint density at radius 2 is 2.00 bits per heavy atom. The minimum absolute atomic E-state index is 0.181. The lowest BCUT2D eigenvalue weighted by atomic mass is 9.98. The van der Waals surface area contributed by atoms with Crippen LogP contribution in [-0.4, -0.2) is 6.10 Å². The quantitative estimate of drug-likeness (QED) is 0.736. The highest BCUT2D eigenvalue weighted by molar-refractivity contribution is 5.15. The SMILES string of the molecule is Fc1cccc(COC2CCCCC2)c1. The van der Waals surface area contributed by atoms with Crippen molar-refractivity contribution < 1.29 is 9.13 Å². The molecule has 1 saturated carbocycles. The Bertz CT molecular complexity index is 305. The van der Waals surface area contributed by atoms with Crippen LogP contribution < -0.4 is 0 Å². The molecular formula is C13H17FO. The third-order valence-corrected chi connectivity index (χ3v) is 2.93. The molecular weight excluding hydrogens is 191 g/mol. The van der Waals surface area contributed by atoms with Crippen LogP contribution >= 0.6 is 0 Å². The molecule has 82 valence electrons. The van der Waals surface area contributed by atoms with E-state index >= 15 is 0 Å². The van der Waals surface area contributed by atoms with E-state index < -0.39 is 0 Å². The Balaban J connectivity index is 1.81. The van der Waals surface area contributed by atoms with Crippen LogP contribution in [0.3, 0.4) is 0 Å². The lowest BCUT2D eigenvalue weighted by Crippen LogP contribution is -2.16. The summed E-state index contributed by atoms with van der Waals surface area (Å²) in [5, 5.41) is 0. The van der Waals surface area contributed by atoms with E-state index in [1.165, 1.54) is 25.3 Å². The first-order chi connectivity index (χ1) is 7.34. The van der Waals surface area contributed by atoms with Crippen LogP contribution in [0.5, 0.6) is 0 Å². The number of rotatable bonds is 3. The molecule has 0 bridgehead atoms. The van der Waals surface area contributed by atoms with Crippen LogP contribution in [0, 0.1) is 5.82 Å². The summed E-state index contributed by atoms with van der Waals surface area (Å²) < 4.78 is 18.6. The van der Waals surface area contributed by atoms with Crippen LogP contribution in [0.1, 0.15) is 37.7 Å². The Kier molecular flexibility index (Phi) is 3.73. The van der Waals surface area contributed by atoms with E-state index in [4.69, 9.17) is 4.74 Å². The molecule has 0 aliphatic heterocycles. The number of ether oxygens (including phenoxy) is 1. The summed E-state index contributed by atoms with van der Waals surface area (Å²) in [6.07, 6.45) is 6.59. The molecule has 1 aromatic rings. The second-order valence-corrected chi connectivity index (χ2v) is 4.20. The van der Waals surface area contributed by atoms with Crippen molar-refractivity contribution in [1.29, 1.82) is 0 Å². The van der Waals surface area contributed by atoms with Crippen LogP contribution in [-0.2, 0) is 11.3 Å². The van der Waals surface area contributed by atoms with E-state index in [9.17, 15) is 4.39 Å². The van der Waals surface area contributed by atoms with Gasteiger partial charge in [0.05, 0.1) is 12.7 Å². The predicted molar refractivity (Wildman–Crippen MR) is 58.1 cm³/mol. The number of benzene rings is 1. The Labute approximate surface area is 90.3 Å². The van der Waals surface area contributed by atoms with Crippen molar-refractivity contribution in [2.24, 2.45) is 0 Å².